The summed E-state index contributed by atoms with van der Waals surface area (Å²) in [4.78, 5) is 26.4. The lowest BCUT2D eigenvalue weighted by Crippen LogP contribution is -2.47. The van der Waals surface area contributed by atoms with Crippen molar-refractivity contribution in [3.05, 3.63) is 157 Å². The van der Waals surface area contributed by atoms with Gasteiger partial charge in [0.1, 0.15) is 34.2 Å². The first-order valence-corrected chi connectivity index (χ1v) is 31.3. The van der Waals surface area contributed by atoms with E-state index in [1.54, 1.807) is 24.3 Å². The third-order valence-corrected chi connectivity index (χ3v) is 17.8. The van der Waals surface area contributed by atoms with E-state index < -0.39 is 22.4 Å². The molecule has 5 rings (SSSR count). The Labute approximate surface area is 517 Å². The van der Waals surface area contributed by atoms with Gasteiger partial charge in [0.2, 0.25) is 0 Å². The molecule has 0 saturated heterocycles. The first-order valence-electron chi connectivity index (χ1n) is 31.3. The van der Waals surface area contributed by atoms with E-state index in [9.17, 15) is 9.59 Å². The smallest absolute Gasteiger partial charge is 0.338 e. The molecule has 0 saturated carbocycles. The molecule has 12 nitrogen and oxygen atoms in total. The fourth-order valence-electron chi connectivity index (χ4n) is 9.51. The first kappa shape index (κ1) is 70.8. The van der Waals surface area contributed by atoms with Gasteiger partial charge in [-0.25, -0.2) is 9.59 Å². The Balaban J connectivity index is 0.978. The minimum Gasteiger partial charge on any atom is -0.493 e. The lowest BCUT2D eigenvalue weighted by atomic mass is 9.73. The van der Waals surface area contributed by atoms with E-state index in [1.807, 2.05) is 149 Å². The summed E-state index contributed by atoms with van der Waals surface area (Å²) in [5.41, 5.74) is -2.77. The van der Waals surface area contributed by atoms with Crippen molar-refractivity contribution in [3.8, 4) is 23.0 Å². The number of rotatable bonds is 40. The molecule has 86 heavy (non-hydrogen) atoms. The van der Waals surface area contributed by atoms with Crippen molar-refractivity contribution in [2.24, 2.45) is 22.7 Å². The molecule has 0 fully saturated rings. The molecular formula is C74H106O12. The second kappa shape index (κ2) is 32.3. The fourth-order valence-corrected chi connectivity index (χ4v) is 9.51. The van der Waals surface area contributed by atoms with Crippen molar-refractivity contribution in [2.75, 3.05) is 52.9 Å². The number of ether oxygens (including phenoxy) is 10. The molecular weight excluding hydrogens is 1080 g/mol. The SMILES string of the molecule is CC(C)(CCOc1cccc(OCCC(C)(C)OCCCCC(C)(C)C(C)(C)OCC(COc2ccccc2)C(C)(C)OC(=O)c2ccccc2)c1)OCCCCC(C)(C)C(C)(C)OCC(COc1ccccc1)C(C)(C)OC(=O)c1ccccc1. The molecule has 0 aliphatic carbocycles. The molecule has 0 amide bonds. The largest absolute Gasteiger partial charge is 0.493 e. The van der Waals surface area contributed by atoms with Gasteiger partial charge in [0, 0.05) is 32.1 Å². The van der Waals surface area contributed by atoms with E-state index in [1.165, 1.54) is 0 Å². The van der Waals surface area contributed by atoms with Crippen LogP contribution >= 0.6 is 0 Å². The monoisotopic (exact) mass is 1190 g/mol. The number of unbranched alkanes of at least 4 members (excludes halogenated alkanes) is 2. The molecule has 5 aromatic rings. The lowest BCUT2D eigenvalue weighted by molar-refractivity contribution is -0.141. The summed E-state index contributed by atoms with van der Waals surface area (Å²) in [6.07, 6.45) is 7.13. The average Bonchev–Trinajstić information content (AvgIpc) is 2.04. The van der Waals surface area contributed by atoms with E-state index >= 15 is 0 Å². The summed E-state index contributed by atoms with van der Waals surface area (Å²) in [5.74, 6) is 1.78. The summed E-state index contributed by atoms with van der Waals surface area (Å²) in [6, 6.07) is 45.4. The van der Waals surface area contributed by atoms with Gasteiger partial charge in [-0.2, -0.15) is 0 Å². The second-order valence-electron chi connectivity index (χ2n) is 27.6. The van der Waals surface area contributed by atoms with Gasteiger partial charge >= 0.3 is 11.9 Å². The Kier molecular flexibility index (Phi) is 26.6. The van der Waals surface area contributed by atoms with E-state index in [-0.39, 0.29) is 45.8 Å². The summed E-state index contributed by atoms with van der Waals surface area (Å²) < 4.78 is 63.6. The predicted molar refractivity (Wildman–Crippen MR) is 345 cm³/mol. The number of carbonyl (C=O) groups excluding carboxylic acids is 2. The quantitative estimate of drug-likeness (QED) is 0.0274. The minimum atomic E-state index is -0.873. The molecule has 0 spiro atoms. The van der Waals surface area contributed by atoms with Crippen molar-refractivity contribution in [1.82, 2.24) is 0 Å². The highest BCUT2D eigenvalue weighted by atomic mass is 16.6. The zero-order chi connectivity index (χ0) is 63.1. The summed E-state index contributed by atoms with van der Waals surface area (Å²) >= 11 is 0. The molecule has 2 unspecified atom stereocenters. The van der Waals surface area contributed by atoms with Crippen LogP contribution in [0.25, 0.3) is 0 Å². The molecule has 0 N–H and O–H groups in total. The number of benzene rings is 5. The van der Waals surface area contributed by atoms with Crippen LogP contribution in [0.5, 0.6) is 23.0 Å². The van der Waals surface area contributed by atoms with Crippen molar-refractivity contribution < 1.29 is 57.0 Å². The van der Waals surface area contributed by atoms with Crippen LogP contribution in [0.3, 0.4) is 0 Å². The highest BCUT2D eigenvalue weighted by Gasteiger charge is 2.43. The van der Waals surface area contributed by atoms with Crippen molar-refractivity contribution in [2.45, 2.75) is 196 Å². The van der Waals surface area contributed by atoms with Crippen LogP contribution in [0.4, 0.5) is 0 Å². The van der Waals surface area contributed by atoms with Crippen LogP contribution in [0.2, 0.25) is 0 Å². The molecule has 0 aromatic heterocycles. The van der Waals surface area contributed by atoms with Gasteiger partial charge < -0.3 is 47.4 Å². The Morgan fingerprint density at radius 3 is 1.01 bits per heavy atom. The van der Waals surface area contributed by atoms with E-state index in [0.29, 0.717) is 64.0 Å². The summed E-state index contributed by atoms with van der Waals surface area (Å²) in [6.45, 7) is 37.5. The summed E-state index contributed by atoms with van der Waals surface area (Å²) in [5, 5.41) is 0. The Morgan fingerprint density at radius 1 is 0.337 bits per heavy atom. The first-order chi connectivity index (χ1) is 40.4. The van der Waals surface area contributed by atoms with Gasteiger partial charge in [0.15, 0.2) is 0 Å². The van der Waals surface area contributed by atoms with Gasteiger partial charge in [0.25, 0.3) is 0 Å². The molecule has 0 bridgehead atoms. The van der Waals surface area contributed by atoms with Crippen molar-refractivity contribution >= 4 is 11.9 Å². The van der Waals surface area contributed by atoms with Crippen molar-refractivity contribution in [1.29, 1.82) is 0 Å². The standard InChI is InChI=1S/C74H106O12/c1-67(2,73(13,14)83-55-59(53-79-61-38-25-19-26-39-61)71(9,10)85-65(75)57-34-21-17-22-35-57)44-29-31-48-81-69(5,6)46-50-77-63-42-33-43-64(52-63)78-51-47-70(7,8)82-49-32-30-45-68(3,4)74(15,16)84-56-60(54-80-62-40-27-20-28-41-62)72(11,12)86-66(76)58-36-23-18-24-37-58/h17-28,33-43,52,59-60H,29-32,44-51,53-56H2,1-16H3. The number of carbonyl (C=O) groups is 2. The zero-order valence-electron chi connectivity index (χ0n) is 55.2. The topological polar surface area (TPSA) is 126 Å². The van der Waals surface area contributed by atoms with Crippen LogP contribution in [0, 0.1) is 22.7 Å². The van der Waals surface area contributed by atoms with Gasteiger partial charge in [-0.05, 0) is 180 Å². The van der Waals surface area contributed by atoms with E-state index in [4.69, 9.17) is 47.4 Å². The molecule has 12 heteroatoms. The van der Waals surface area contributed by atoms with E-state index in [2.05, 4.69) is 83.1 Å². The third kappa shape index (κ3) is 23.6. The predicted octanol–water partition coefficient (Wildman–Crippen LogP) is 17.5. The lowest BCUT2D eigenvalue weighted by Gasteiger charge is -2.44. The molecule has 0 aliphatic heterocycles. The minimum absolute atomic E-state index is 0.166. The van der Waals surface area contributed by atoms with Crippen LogP contribution in [0.1, 0.15) is 183 Å². The molecule has 474 valence electrons. The van der Waals surface area contributed by atoms with Gasteiger partial charge in [0.05, 0.1) is 85.0 Å². The maximum absolute atomic E-state index is 13.2. The number of para-hydroxylation sites is 2. The fraction of sp³-hybridized carbons (Fsp3) is 0.568. The van der Waals surface area contributed by atoms with Gasteiger partial charge in [-0.15, -0.1) is 0 Å². The van der Waals surface area contributed by atoms with Crippen LogP contribution in [-0.4, -0.2) is 98.4 Å². The molecule has 0 heterocycles. The Bertz CT molecular complexity index is 2550. The molecule has 5 aromatic carbocycles. The van der Waals surface area contributed by atoms with Gasteiger partial charge in [-0.1, -0.05) is 119 Å². The number of hydrogen-bond donors (Lipinski definition) is 0. The average molecular weight is 1190 g/mol. The summed E-state index contributed by atoms with van der Waals surface area (Å²) in [7, 11) is 0. The third-order valence-electron chi connectivity index (χ3n) is 17.8. The number of hydrogen-bond acceptors (Lipinski definition) is 12. The van der Waals surface area contributed by atoms with Gasteiger partial charge in [-0.3, -0.25) is 0 Å². The van der Waals surface area contributed by atoms with Crippen molar-refractivity contribution in [3.63, 3.8) is 0 Å². The highest BCUT2D eigenvalue weighted by Crippen LogP contribution is 2.41. The Hall–Kier alpha value is -5.92. The maximum atomic E-state index is 13.2. The molecule has 2 atom stereocenters. The van der Waals surface area contributed by atoms with Crippen LogP contribution < -0.4 is 18.9 Å². The molecule has 0 aliphatic rings. The molecule has 0 radical (unpaired) electrons. The van der Waals surface area contributed by atoms with E-state index in [0.717, 1.165) is 74.4 Å². The second-order valence-corrected chi connectivity index (χ2v) is 27.6. The zero-order valence-corrected chi connectivity index (χ0v) is 55.2. The van der Waals surface area contributed by atoms with Crippen LogP contribution in [-0.2, 0) is 28.4 Å². The normalized spacial score (nSPS) is 13.6. The number of esters is 2. The maximum Gasteiger partial charge on any atom is 0.338 e. The Morgan fingerprint density at radius 2 is 0.663 bits per heavy atom. The van der Waals surface area contributed by atoms with Crippen LogP contribution in [0.15, 0.2) is 146 Å². The highest BCUT2D eigenvalue weighted by molar-refractivity contribution is 5.90.